The number of nitrogens with zero attached hydrogens (tertiary/aromatic N) is 2. The molecule has 0 aliphatic carbocycles. The largest absolute Gasteiger partial charge is 0.508 e. The van der Waals surface area contributed by atoms with Gasteiger partial charge in [0.05, 0.1) is 27.9 Å². The Labute approximate surface area is 139 Å². The summed E-state index contributed by atoms with van der Waals surface area (Å²) >= 11 is 0. The van der Waals surface area contributed by atoms with E-state index in [1.54, 1.807) is 0 Å². The predicted molar refractivity (Wildman–Crippen MR) is 82.8 cm³/mol. The number of phenolic OH excluding ortho intramolecular Hbond substituents is 2. The molecule has 0 spiro atoms. The molecule has 0 atom stereocenters. The van der Waals surface area contributed by atoms with E-state index in [0.29, 0.717) is 6.07 Å². The highest BCUT2D eigenvalue weighted by Gasteiger charge is 2.25. The molecule has 0 amide bonds. The summed E-state index contributed by atoms with van der Waals surface area (Å²) < 4.78 is 0. The van der Waals surface area contributed by atoms with Crippen LogP contribution in [0.2, 0.25) is 0 Å². The Morgan fingerprint density at radius 3 is 2.04 bits per heavy atom. The molecule has 0 heterocycles. The van der Waals surface area contributed by atoms with Crippen molar-refractivity contribution in [2.24, 2.45) is 0 Å². The van der Waals surface area contributed by atoms with Crippen molar-refractivity contribution in [1.29, 1.82) is 0 Å². The molecule has 0 fully saturated rings. The third kappa shape index (κ3) is 3.75. The van der Waals surface area contributed by atoms with Crippen LogP contribution in [-0.2, 0) is 0 Å². The van der Waals surface area contributed by atoms with E-state index >= 15 is 0 Å². The highest BCUT2D eigenvalue weighted by atomic mass is 16.6. The molecule has 2 aromatic carbocycles. The van der Waals surface area contributed by atoms with E-state index in [2.05, 4.69) is 0 Å². The lowest BCUT2D eigenvalue weighted by molar-refractivity contribution is -0.386. The van der Waals surface area contributed by atoms with E-state index in [0.717, 1.165) is 18.2 Å². The highest BCUT2D eigenvalue weighted by molar-refractivity contribution is 6.14. The maximum Gasteiger partial charge on any atom is 0.315 e. The first kappa shape index (κ1) is 17.5. The number of benzene rings is 2. The van der Waals surface area contributed by atoms with Gasteiger partial charge in [0.1, 0.15) is 5.75 Å². The Balaban J connectivity index is 2.26. The van der Waals surface area contributed by atoms with Crippen molar-refractivity contribution in [3.63, 3.8) is 0 Å². The van der Waals surface area contributed by atoms with E-state index < -0.39 is 50.6 Å². The van der Waals surface area contributed by atoms with Gasteiger partial charge in [0, 0.05) is 17.7 Å². The van der Waals surface area contributed by atoms with Crippen molar-refractivity contribution in [1.82, 2.24) is 0 Å². The van der Waals surface area contributed by atoms with E-state index in [1.165, 1.54) is 12.1 Å². The van der Waals surface area contributed by atoms with Crippen LogP contribution in [0.25, 0.3) is 0 Å². The Kier molecular flexibility index (Phi) is 4.73. The van der Waals surface area contributed by atoms with Crippen molar-refractivity contribution >= 4 is 22.9 Å². The minimum absolute atomic E-state index is 0.0214. The van der Waals surface area contributed by atoms with E-state index in [1.807, 2.05) is 0 Å². The number of phenols is 2. The third-order valence-electron chi connectivity index (χ3n) is 3.29. The molecule has 2 rings (SSSR count). The van der Waals surface area contributed by atoms with Gasteiger partial charge in [-0.1, -0.05) is 0 Å². The Bertz CT molecular complexity index is 889. The highest BCUT2D eigenvalue weighted by Crippen LogP contribution is 2.34. The second-order valence-electron chi connectivity index (χ2n) is 4.95. The van der Waals surface area contributed by atoms with Gasteiger partial charge in [-0.05, 0) is 18.2 Å². The first-order valence-corrected chi connectivity index (χ1v) is 6.72. The minimum Gasteiger partial charge on any atom is -0.508 e. The normalized spacial score (nSPS) is 10.2. The molecule has 0 saturated carbocycles. The third-order valence-corrected chi connectivity index (χ3v) is 3.29. The average molecular weight is 346 g/mol. The topological polar surface area (TPSA) is 161 Å². The van der Waals surface area contributed by atoms with Crippen molar-refractivity contribution in [2.45, 2.75) is 6.42 Å². The number of nitro groups is 2. The number of carbonyl (C=O) groups excluding carboxylic acids is 2. The zero-order chi connectivity index (χ0) is 18.7. The molecule has 10 heteroatoms. The van der Waals surface area contributed by atoms with E-state index in [-0.39, 0.29) is 11.3 Å². The summed E-state index contributed by atoms with van der Waals surface area (Å²) in [5.41, 5.74) is -1.65. The number of hydrogen-bond acceptors (Lipinski definition) is 8. The van der Waals surface area contributed by atoms with Crippen molar-refractivity contribution in [3.05, 3.63) is 67.8 Å². The summed E-state index contributed by atoms with van der Waals surface area (Å²) in [6, 6.07) is 6.00. The molecule has 0 radical (unpaired) electrons. The van der Waals surface area contributed by atoms with Gasteiger partial charge in [-0.25, -0.2) is 0 Å². The van der Waals surface area contributed by atoms with E-state index in [4.69, 9.17) is 0 Å². The number of nitro benzene ring substituents is 2. The molecular weight excluding hydrogens is 336 g/mol. The molecule has 0 saturated heterocycles. The molecule has 0 bridgehead atoms. The minimum atomic E-state index is -0.982. The molecule has 10 nitrogen and oxygen atoms in total. The zero-order valence-electron chi connectivity index (χ0n) is 12.4. The Morgan fingerprint density at radius 1 is 0.920 bits per heavy atom. The van der Waals surface area contributed by atoms with Crippen LogP contribution >= 0.6 is 0 Å². The Hall–Kier alpha value is -3.82. The van der Waals surface area contributed by atoms with Gasteiger partial charge in [-0.15, -0.1) is 0 Å². The summed E-state index contributed by atoms with van der Waals surface area (Å²) in [4.78, 5) is 43.9. The summed E-state index contributed by atoms with van der Waals surface area (Å²) in [6.07, 6.45) is -0.744. The van der Waals surface area contributed by atoms with Crippen LogP contribution in [0, 0.1) is 20.2 Å². The molecule has 0 aromatic heterocycles. The van der Waals surface area contributed by atoms with E-state index in [9.17, 15) is 40.0 Å². The molecule has 2 aromatic rings. The van der Waals surface area contributed by atoms with Crippen LogP contribution in [0.1, 0.15) is 27.1 Å². The van der Waals surface area contributed by atoms with Crippen molar-refractivity contribution < 1.29 is 29.6 Å². The number of aromatic hydroxyl groups is 2. The maximum atomic E-state index is 12.1. The fourth-order valence-electron chi connectivity index (χ4n) is 2.07. The van der Waals surface area contributed by atoms with Gasteiger partial charge in [-0.3, -0.25) is 29.8 Å². The first-order valence-electron chi connectivity index (χ1n) is 6.72. The number of carbonyl (C=O) groups is 2. The van der Waals surface area contributed by atoms with Crippen LogP contribution in [0.15, 0.2) is 36.4 Å². The van der Waals surface area contributed by atoms with Crippen LogP contribution in [0.3, 0.4) is 0 Å². The molecular formula is C15H10N2O8. The predicted octanol–water partition coefficient (Wildman–Crippen LogP) is 2.37. The van der Waals surface area contributed by atoms with Gasteiger partial charge in [0.25, 0.3) is 5.69 Å². The summed E-state index contributed by atoms with van der Waals surface area (Å²) in [5.74, 6) is -3.22. The number of rotatable bonds is 6. The van der Waals surface area contributed by atoms with Crippen LogP contribution in [0.4, 0.5) is 11.4 Å². The van der Waals surface area contributed by atoms with Gasteiger partial charge in [0.15, 0.2) is 11.6 Å². The smallest absolute Gasteiger partial charge is 0.315 e. The van der Waals surface area contributed by atoms with Crippen LogP contribution in [0.5, 0.6) is 11.5 Å². The zero-order valence-corrected chi connectivity index (χ0v) is 12.4. The molecule has 25 heavy (non-hydrogen) atoms. The molecule has 0 aliphatic heterocycles. The maximum absolute atomic E-state index is 12.1. The van der Waals surface area contributed by atoms with Crippen LogP contribution < -0.4 is 0 Å². The quantitative estimate of drug-likeness (QED) is 0.265. The summed E-state index contributed by atoms with van der Waals surface area (Å²) in [7, 11) is 0. The molecule has 128 valence electrons. The monoisotopic (exact) mass is 346 g/mol. The fraction of sp³-hybridized carbons (Fsp3) is 0.0667. The number of Topliss-reactive ketones (excluding diaryl/α,β-unsaturated/α-hetero) is 2. The number of non-ortho nitro benzene ring substituents is 1. The lowest BCUT2D eigenvalue weighted by Crippen LogP contribution is -2.09. The van der Waals surface area contributed by atoms with Crippen molar-refractivity contribution in [2.75, 3.05) is 0 Å². The van der Waals surface area contributed by atoms with Crippen molar-refractivity contribution in [3.8, 4) is 11.5 Å². The lowest BCUT2D eigenvalue weighted by Gasteiger charge is -2.05. The molecule has 0 unspecified atom stereocenters. The lowest BCUT2D eigenvalue weighted by atomic mass is 10.00. The fourth-order valence-corrected chi connectivity index (χ4v) is 2.07. The van der Waals surface area contributed by atoms with Gasteiger partial charge in [-0.2, -0.15) is 0 Å². The van der Waals surface area contributed by atoms with Gasteiger partial charge >= 0.3 is 5.69 Å². The first-order chi connectivity index (χ1) is 11.7. The molecule has 2 N–H and O–H groups in total. The second kappa shape index (κ2) is 6.74. The van der Waals surface area contributed by atoms with Crippen LogP contribution in [-0.4, -0.2) is 31.6 Å². The second-order valence-corrected chi connectivity index (χ2v) is 4.95. The van der Waals surface area contributed by atoms with Gasteiger partial charge < -0.3 is 10.2 Å². The standard InChI is InChI=1S/C15H10N2O8/c18-10-5-11(15(21)12(6-10)17(24)25)14(20)7-13(19)8-1-3-9(4-2-8)16(22)23/h1-6,18,21H,7H2. The van der Waals surface area contributed by atoms with Gasteiger partial charge in [0.2, 0.25) is 5.75 Å². The summed E-state index contributed by atoms with van der Waals surface area (Å²) in [6.45, 7) is 0. The SMILES string of the molecule is O=C(CC(=O)c1cc(O)cc([N+](=O)[O-])c1O)c1ccc([N+](=O)[O-])cc1. The molecule has 0 aliphatic rings. The Morgan fingerprint density at radius 2 is 1.52 bits per heavy atom. The summed E-state index contributed by atoms with van der Waals surface area (Å²) in [5, 5.41) is 40.6. The number of ketones is 2. The average Bonchev–Trinajstić information content (AvgIpc) is 2.56. The number of hydrogen-bond donors (Lipinski definition) is 2.